The zero-order valence-electron chi connectivity index (χ0n) is 12.4. The molecule has 0 bridgehead atoms. The average Bonchev–Trinajstić information content (AvgIpc) is 2.36. The molecule has 0 radical (unpaired) electrons. The summed E-state index contributed by atoms with van der Waals surface area (Å²) >= 11 is 1.67. The second kappa shape index (κ2) is 7.70. The van der Waals surface area contributed by atoms with E-state index >= 15 is 0 Å². The zero-order valence-corrected chi connectivity index (χ0v) is 14.6. The summed E-state index contributed by atoms with van der Waals surface area (Å²) in [4.78, 5) is 23.1. The molecule has 122 valence electrons. The Balaban J connectivity index is 2.44. The van der Waals surface area contributed by atoms with Crippen molar-refractivity contribution in [2.24, 2.45) is 0 Å². The summed E-state index contributed by atoms with van der Waals surface area (Å²) in [5.74, 6) is -2.34. The number of benzene rings is 1. The SMILES string of the molecule is CC(C)(C)OC(=O)NCCNC(=O)c1cc(I)c(F)cc1F. The van der Waals surface area contributed by atoms with Gasteiger partial charge in [-0.3, -0.25) is 4.79 Å². The largest absolute Gasteiger partial charge is 0.444 e. The number of nitrogens with one attached hydrogen (secondary N) is 2. The highest BCUT2D eigenvalue weighted by Crippen LogP contribution is 2.16. The van der Waals surface area contributed by atoms with Gasteiger partial charge in [0, 0.05) is 22.7 Å². The van der Waals surface area contributed by atoms with Gasteiger partial charge in [0.2, 0.25) is 0 Å². The molecule has 0 spiro atoms. The first-order chi connectivity index (χ1) is 10.1. The number of rotatable bonds is 4. The van der Waals surface area contributed by atoms with Crippen molar-refractivity contribution in [3.05, 3.63) is 32.9 Å². The van der Waals surface area contributed by atoms with Crippen LogP contribution in [-0.2, 0) is 4.74 Å². The van der Waals surface area contributed by atoms with Gasteiger partial charge in [0.25, 0.3) is 5.91 Å². The number of halogens is 3. The standard InChI is InChI=1S/C14H17F2IN2O3/c1-14(2,3)22-13(21)19-5-4-18-12(20)8-6-11(17)10(16)7-9(8)15/h6-7H,4-5H2,1-3H3,(H,18,20)(H,19,21). The lowest BCUT2D eigenvalue weighted by molar-refractivity contribution is 0.0526. The van der Waals surface area contributed by atoms with Crippen LogP contribution < -0.4 is 10.6 Å². The number of hydrogen-bond acceptors (Lipinski definition) is 3. The number of carbonyl (C=O) groups excluding carboxylic acids is 2. The fraction of sp³-hybridized carbons (Fsp3) is 0.429. The van der Waals surface area contributed by atoms with E-state index in [-0.39, 0.29) is 22.2 Å². The third kappa shape index (κ3) is 6.12. The monoisotopic (exact) mass is 426 g/mol. The maximum Gasteiger partial charge on any atom is 0.407 e. The van der Waals surface area contributed by atoms with Gasteiger partial charge in [0.05, 0.1) is 5.56 Å². The highest BCUT2D eigenvalue weighted by Gasteiger charge is 2.17. The molecule has 0 saturated carbocycles. The third-order valence-electron chi connectivity index (χ3n) is 2.33. The van der Waals surface area contributed by atoms with E-state index in [4.69, 9.17) is 4.74 Å². The van der Waals surface area contributed by atoms with E-state index < -0.39 is 29.2 Å². The topological polar surface area (TPSA) is 67.4 Å². The van der Waals surface area contributed by atoms with Gasteiger partial charge in [0.1, 0.15) is 17.2 Å². The summed E-state index contributed by atoms with van der Waals surface area (Å²) in [7, 11) is 0. The molecule has 0 heterocycles. The molecule has 0 aliphatic carbocycles. The lowest BCUT2D eigenvalue weighted by Crippen LogP contribution is -2.38. The van der Waals surface area contributed by atoms with Gasteiger partial charge in [-0.25, -0.2) is 13.6 Å². The first-order valence-electron chi connectivity index (χ1n) is 6.50. The molecule has 2 amide bonds. The van der Waals surface area contributed by atoms with E-state index in [9.17, 15) is 18.4 Å². The maximum atomic E-state index is 13.5. The Morgan fingerprint density at radius 2 is 1.73 bits per heavy atom. The first-order valence-corrected chi connectivity index (χ1v) is 7.57. The van der Waals surface area contributed by atoms with E-state index in [0.29, 0.717) is 6.07 Å². The van der Waals surface area contributed by atoms with Gasteiger partial charge < -0.3 is 15.4 Å². The fourth-order valence-electron chi connectivity index (χ4n) is 1.45. The molecule has 0 aliphatic rings. The first kappa shape index (κ1) is 18.6. The molecular weight excluding hydrogens is 409 g/mol. The van der Waals surface area contributed by atoms with Crippen molar-refractivity contribution in [1.29, 1.82) is 0 Å². The Hall–Kier alpha value is -1.45. The molecule has 0 unspecified atom stereocenters. The number of carbonyl (C=O) groups is 2. The van der Waals surface area contributed by atoms with Crippen molar-refractivity contribution in [3.8, 4) is 0 Å². The molecule has 0 saturated heterocycles. The van der Waals surface area contributed by atoms with E-state index in [1.54, 1.807) is 43.4 Å². The van der Waals surface area contributed by atoms with Gasteiger partial charge in [0.15, 0.2) is 0 Å². The predicted octanol–water partition coefficient (Wildman–Crippen LogP) is 2.82. The van der Waals surface area contributed by atoms with Crippen molar-refractivity contribution < 1.29 is 23.1 Å². The molecule has 5 nitrogen and oxygen atoms in total. The molecule has 1 rings (SSSR count). The molecule has 0 aromatic heterocycles. The van der Waals surface area contributed by atoms with Crippen LogP contribution in [-0.4, -0.2) is 30.7 Å². The Kier molecular flexibility index (Phi) is 6.51. The van der Waals surface area contributed by atoms with Crippen molar-refractivity contribution in [2.75, 3.05) is 13.1 Å². The van der Waals surface area contributed by atoms with Crippen LogP contribution in [0.15, 0.2) is 12.1 Å². The Morgan fingerprint density at radius 3 is 2.32 bits per heavy atom. The van der Waals surface area contributed by atoms with Crippen LogP contribution in [0.1, 0.15) is 31.1 Å². The lowest BCUT2D eigenvalue weighted by atomic mass is 10.2. The lowest BCUT2D eigenvalue weighted by Gasteiger charge is -2.19. The molecule has 8 heteroatoms. The minimum absolute atomic E-state index is 0.0888. The number of ether oxygens (including phenoxy) is 1. The Labute approximate surface area is 140 Å². The van der Waals surface area contributed by atoms with Gasteiger partial charge in [-0.15, -0.1) is 0 Å². The summed E-state index contributed by atoms with van der Waals surface area (Å²) in [5, 5.41) is 4.88. The van der Waals surface area contributed by atoms with E-state index in [1.807, 2.05) is 0 Å². The highest BCUT2D eigenvalue weighted by atomic mass is 127. The second-order valence-electron chi connectivity index (χ2n) is 5.43. The van der Waals surface area contributed by atoms with Crippen LogP contribution in [0.5, 0.6) is 0 Å². The zero-order chi connectivity index (χ0) is 16.9. The van der Waals surface area contributed by atoms with Gasteiger partial charge in [-0.05, 0) is 49.4 Å². The fourth-order valence-corrected chi connectivity index (χ4v) is 1.91. The molecule has 22 heavy (non-hydrogen) atoms. The van der Waals surface area contributed by atoms with Gasteiger partial charge in [-0.2, -0.15) is 0 Å². The molecule has 0 atom stereocenters. The number of alkyl carbamates (subject to hydrolysis) is 1. The summed E-state index contributed by atoms with van der Waals surface area (Å²) in [6.07, 6.45) is -0.607. The normalized spacial score (nSPS) is 11.0. The molecule has 2 N–H and O–H groups in total. The highest BCUT2D eigenvalue weighted by molar-refractivity contribution is 14.1. The van der Waals surface area contributed by atoms with Crippen molar-refractivity contribution in [3.63, 3.8) is 0 Å². The van der Waals surface area contributed by atoms with Crippen LogP contribution in [0.4, 0.5) is 13.6 Å². The number of hydrogen-bond donors (Lipinski definition) is 2. The third-order valence-corrected chi connectivity index (χ3v) is 3.16. The second-order valence-corrected chi connectivity index (χ2v) is 6.59. The minimum Gasteiger partial charge on any atom is -0.444 e. The summed E-state index contributed by atoms with van der Waals surface area (Å²) in [6, 6.07) is 1.79. The molecule has 1 aromatic carbocycles. The minimum atomic E-state index is -0.935. The van der Waals surface area contributed by atoms with E-state index in [1.165, 1.54) is 0 Å². The summed E-state index contributed by atoms with van der Waals surface area (Å²) in [6.45, 7) is 5.40. The molecule has 0 fully saturated rings. The van der Waals surface area contributed by atoms with Crippen molar-refractivity contribution >= 4 is 34.6 Å². The molecular formula is C14H17F2IN2O3. The van der Waals surface area contributed by atoms with Crippen LogP contribution in [0.3, 0.4) is 0 Å². The average molecular weight is 426 g/mol. The van der Waals surface area contributed by atoms with Crippen LogP contribution in [0.25, 0.3) is 0 Å². The van der Waals surface area contributed by atoms with Gasteiger partial charge >= 0.3 is 6.09 Å². The number of amides is 2. The van der Waals surface area contributed by atoms with Gasteiger partial charge in [-0.1, -0.05) is 0 Å². The Morgan fingerprint density at radius 1 is 1.14 bits per heavy atom. The van der Waals surface area contributed by atoms with Crippen molar-refractivity contribution in [1.82, 2.24) is 10.6 Å². The van der Waals surface area contributed by atoms with E-state index in [0.717, 1.165) is 6.07 Å². The summed E-state index contributed by atoms with van der Waals surface area (Å²) < 4.78 is 31.8. The van der Waals surface area contributed by atoms with Crippen LogP contribution >= 0.6 is 22.6 Å². The van der Waals surface area contributed by atoms with Crippen molar-refractivity contribution in [2.45, 2.75) is 26.4 Å². The molecule has 1 aromatic rings. The van der Waals surface area contributed by atoms with Crippen LogP contribution in [0.2, 0.25) is 0 Å². The quantitative estimate of drug-likeness (QED) is 0.442. The smallest absolute Gasteiger partial charge is 0.407 e. The predicted molar refractivity (Wildman–Crippen MR) is 85.6 cm³/mol. The maximum absolute atomic E-state index is 13.5. The van der Waals surface area contributed by atoms with Crippen LogP contribution in [0, 0.1) is 15.2 Å². The molecule has 0 aliphatic heterocycles. The van der Waals surface area contributed by atoms with E-state index in [2.05, 4.69) is 10.6 Å². The Bertz CT molecular complexity index is 574. The summed E-state index contributed by atoms with van der Waals surface area (Å²) in [5.41, 5.74) is -0.857.